The van der Waals surface area contributed by atoms with E-state index in [1.54, 1.807) is 6.07 Å². The van der Waals surface area contributed by atoms with E-state index in [9.17, 15) is 4.39 Å². The quantitative estimate of drug-likeness (QED) is 0.343. The van der Waals surface area contributed by atoms with Crippen molar-refractivity contribution in [1.82, 2.24) is 5.32 Å². The number of nitrogens with two attached hydrogens (primary N) is 1. The Balaban J connectivity index is 2.01. The summed E-state index contributed by atoms with van der Waals surface area (Å²) in [5.41, 5.74) is 7.09. The molecule has 2 rings (SSSR count). The van der Waals surface area contributed by atoms with Gasteiger partial charge in [-0.05, 0) is 48.4 Å². The molecule has 0 spiro atoms. The molecule has 1 fully saturated rings. The average Bonchev–Trinajstić information content (AvgIpc) is 2.74. The Kier molecular flexibility index (Phi) is 4.28. The van der Waals surface area contributed by atoms with E-state index < -0.39 is 0 Å². The predicted molar refractivity (Wildman–Crippen MR) is 77.2 cm³/mol. The van der Waals surface area contributed by atoms with Crippen LogP contribution < -0.4 is 11.1 Å². The molecule has 1 saturated carbocycles. The van der Waals surface area contributed by atoms with Crippen molar-refractivity contribution in [2.75, 3.05) is 0 Å². The van der Waals surface area contributed by atoms with Crippen molar-refractivity contribution in [1.29, 1.82) is 0 Å². The molecule has 0 heterocycles. The molecule has 1 aliphatic rings. The highest BCUT2D eigenvalue weighted by Crippen LogP contribution is 2.36. The Bertz CT molecular complexity index is 514. The summed E-state index contributed by atoms with van der Waals surface area (Å²) in [6.45, 7) is 5.13. The highest BCUT2D eigenvalue weighted by Gasteiger charge is 2.30. The summed E-state index contributed by atoms with van der Waals surface area (Å²) >= 11 is 0. The smallest absolute Gasteiger partial charge is 0.170 e. The van der Waals surface area contributed by atoms with Gasteiger partial charge in [0.15, 0.2) is 5.84 Å². The van der Waals surface area contributed by atoms with Crippen molar-refractivity contribution in [3.8, 4) is 0 Å². The molecule has 0 radical (unpaired) electrons. The third-order valence-corrected chi connectivity index (χ3v) is 3.92. The second kappa shape index (κ2) is 5.79. The summed E-state index contributed by atoms with van der Waals surface area (Å²) in [6.07, 6.45) is 3.49. The Morgan fingerprint density at radius 2 is 2.25 bits per heavy atom. The maximum atomic E-state index is 13.5. The van der Waals surface area contributed by atoms with E-state index in [1.807, 2.05) is 0 Å². The second-order valence-corrected chi connectivity index (χ2v) is 6.32. The van der Waals surface area contributed by atoms with Crippen LogP contribution in [-0.2, 0) is 6.54 Å². The van der Waals surface area contributed by atoms with E-state index in [2.05, 4.69) is 24.3 Å². The fraction of sp³-hybridized carbons (Fsp3) is 0.533. The third kappa shape index (κ3) is 3.70. The summed E-state index contributed by atoms with van der Waals surface area (Å²) in [5, 5.41) is 15.0. The van der Waals surface area contributed by atoms with Crippen molar-refractivity contribution in [2.45, 2.75) is 45.7 Å². The Labute approximate surface area is 118 Å². The molecule has 20 heavy (non-hydrogen) atoms. The van der Waals surface area contributed by atoms with E-state index in [-0.39, 0.29) is 11.7 Å². The SMILES string of the molecule is CC1(C)CCC(NCc2cc(F)cc(/C(N)=N/O)c2)C1. The molecular formula is C15H22FN3O. The zero-order valence-electron chi connectivity index (χ0n) is 12.0. The van der Waals surface area contributed by atoms with Gasteiger partial charge in [0, 0.05) is 18.2 Å². The lowest BCUT2D eigenvalue weighted by Crippen LogP contribution is -2.27. The number of nitrogens with one attached hydrogen (secondary N) is 1. The first kappa shape index (κ1) is 14.8. The fourth-order valence-electron chi connectivity index (χ4n) is 2.83. The van der Waals surface area contributed by atoms with Gasteiger partial charge in [0.1, 0.15) is 5.82 Å². The number of halogens is 1. The molecule has 4 nitrogen and oxygen atoms in total. The molecule has 0 aromatic heterocycles. The van der Waals surface area contributed by atoms with Gasteiger partial charge < -0.3 is 16.3 Å². The van der Waals surface area contributed by atoms with Crippen molar-refractivity contribution in [3.05, 3.63) is 35.1 Å². The van der Waals surface area contributed by atoms with E-state index in [0.29, 0.717) is 23.6 Å². The van der Waals surface area contributed by atoms with E-state index in [0.717, 1.165) is 18.4 Å². The number of oxime groups is 1. The largest absolute Gasteiger partial charge is 0.409 e. The van der Waals surface area contributed by atoms with E-state index in [4.69, 9.17) is 10.9 Å². The van der Waals surface area contributed by atoms with Gasteiger partial charge in [-0.15, -0.1) is 0 Å². The van der Waals surface area contributed by atoms with Crippen LogP contribution in [0.2, 0.25) is 0 Å². The van der Waals surface area contributed by atoms with E-state index in [1.165, 1.54) is 18.6 Å². The van der Waals surface area contributed by atoms with Crippen LogP contribution in [0.3, 0.4) is 0 Å². The molecule has 1 aromatic rings. The van der Waals surface area contributed by atoms with Crippen molar-refractivity contribution in [3.63, 3.8) is 0 Å². The molecule has 0 amide bonds. The summed E-state index contributed by atoms with van der Waals surface area (Å²) in [6, 6.07) is 4.95. The minimum atomic E-state index is -0.377. The van der Waals surface area contributed by atoms with Gasteiger partial charge in [-0.25, -0.2) is 4.39 Å². The average molecular weight is 279 g/mol. The maximum Gasteiger partial charge on any atom is 0.170 e. The number of hydrogen-bond acceptors (Lipinski definition) is 3. The van der Waals surface area contributed by atoms with Crippen molar-refractivity contribution < 1.29 is 9.60 Å². The van der Waals surface area contributed by atoms with Gasteiger partial charge >= 0.3 is 0 Å². The summed E-state index contributed by atoms with van der Waals surface area (Å²) in [7, 11) is 0. The Morgan fingerprint density at radius 1 is 1.50 bits per heavy atom. The van der Waals surface area contributed by atoms with Crippen LogP contribution in [0.4, 0.5) is 4.39 Å². The molecule has 1 aliphatic carbocycles. The molecule has 110 valence electrons. The van der Waals surface area contributed by atoms with E-state index >= 15 is 0 Å². The lowest BCUT2D eigenvalue weighted by molar-refractivity contribution is 0.318. The molecule has 0 aliphatic heterocycles. The van der Waals surface area contributed by atoms with Crippen LogP contribution >= 0.6 is 0 Å². The first-order valence-electron chi connectivity index (χ1n) is 6.90. The van der Waals surface area contributed by atoms with Gasteiger partial charge in [0.2, 0.25) is 0 Å². The van der Waals surface area contributed by atoms with Crippen molar-refractivity contribution >= 4 is 5.84 Å². The van der Waals surface area contributed by atoms with Crippen LogP contribution in [0, 0.1) is 11.2 Å². The molecule has 4 N–H and O–H groups in total. The molecule has 1 aromatic carbocycles. The van der Waals surface area contributed by atoms with Gasteiger partial charge in [-0.2, -0.15) is 0 Å². The normalized spacial score (nSPS) is 22.1. The van der Waals surface area contributed by atoms with Crippen molar-refractivity contribution in [2.24, 2.45) is 16.3 Å². The standard InChI is InChI=1S/C15H22FN3O/c1-15(2)4-3-13(8-15)18-9-10-5-11(14(17)19-20)7-12(16)6-10/h5-7,13,18,20H,3-4,8-9H2,1-2H3,(H2,17,19). The second-order valence-electron chi connectivity index (χ2n) is 6.32. The minimum Gasteiger partial charge on any atom is -0.409 e. The molecule has 5 heteroatoms. The van der Waals surface area contributed by atoms with Crippen LogP contribution in [0.1, 0.15) is 44.2 Å². The van der Waals surface area contributed by atoms with Crippen LogP contribution in [0.25, 0.3) is 0 Å². The fourth-order valence-corrected chi connectivity index (χ4v) is 2.83. The predicted octanol–water partition coefficient (Wildman–Crippen LogP) is 2.59. The minimum absolute atomic E-state index is 0.0762. The summed E-state index contributed by atoms with van der Waals surface area (Å²) in [5.74, 6) is -0.453. The molecule has 0 saturated heterocycles. The zero-order valence-corrected chi connectivity index (χ0v) is 12.0. The van der Waals surface area contributed by atoms with Crippen LogP contribution in [0.5, 0.6) is 0 Å². The van der Waals surface area contributed by atoms with Gasteiger partial charge in [0.25, 0.3) is 0 Å². The third-order valence-electron chi connectivity index (χ3n) is 3.92. The number of nitrogens with zero attached hydrogens (tertiary/aromatic N) is 1. The highest BCUT2D eigenvalue weighted by atomic mass is 19.1. The van der Waals surface area contributed by atoms with Gasteiger partial charge in [-0.1, -0.05) is 19.0 Å². The molecule has 1 unspecified atom stereocenters. The lowest BCUT2D eigenvalue weighted by atomic mass is 9.92. The number of benzene rings is 1. The van der Waals surface area contributed by atoms with Gasteiger partial charge in [-0.3, -0.25) is 0 Å². The zero-order chi connectivity index (χ0) is 14.8. The highest BCUT2D eigenvalue weighted by molar-refractivity contribution is 5.97. The number of rotatable bonds is 4. The van der Waals surface area contributed by atoms with Crippen LogP contribution in [-0.4, -0.2) is 17.1 Å². The lowest BCUT2D eigenvalue weighted by Gasteiger charge is -2.18. The number of amidine groups is 1. The first-order chi connectivity index (χ1) is 9.39. The maximum absolute atomic E-state index is 13.5. The topological polar surface area (TPSA) is 70.6 Å². The monoisotopic (exact) mass is 279 g/mol. The molecular weight excluding hydrogens is 257 g/mol. The summed E-state index contributed by atoms with van der Waals surface area (Å²) < 4.78 is 13.5. The number of hydrogen-bond donors (Lipinski definition) is 3. The molecule has 1 atom stereocenters. The molecule has 0 bridgehead atoms. The summed E-state index contributed by atoms with van der Waals surface area (Å²) in [4.78, 5) is 0. The first-order valence-corrected chi connectivity index (χ1v) is 6.90. The Morgan fingerprint density at radius 3 is 2.85 bits per heavy atom. The van der Waals surface area contributed by atoms with Gasteiger partial charge in [0.05, 0.1) is 0 Å². The Hall–Kier alpha value is -1.62. The van der Waals surface area contributed by atoms with Crippen LogP contribution in [0.15, 0.2) is 23.4 Å².